The standard InChI is InChI=1S/C16H19N3O3/c1-11-5-3-7-14(12(11)2)22-10-8-15(20)18-19-16(21)13-6-4-9-17-13/h3-7,9,17H,8,10H2,1-2H3,(H,18,20)(H,19,21). The summed E-state index contributed by atoms with van der Waals surface area (Å²) in [5.41, 5.74) is 7.25. The molecule has 0 bridgehead atoms. The fraction of sp³-hybridized carbons (Fsp3) is 0.250. The van der Waals surface area contributed by atoms with Crippen LogP contribution in [-0.2, 0) is 4.79 Å². The van der Waals surface area contributed by atoms with Gasteiger partial charge >= 0.3 is 0 Å². The summed E-state index contributed by atoms with van der Waals surface area (Å²) in [7, 11) is 0. The van der Waals surface area contributed by atoms with Crippen LogP contribution in [0, 0.1) is 13.8 Å². The Morgan fingerprint density at radius 1 is 1.14 bits per heavy atom. The minimum atomic E-state index is -0.395. The number of rotatable bonds is 5. The number of nitrogens with one attached hydrogen (secondary N) is 3. The second-order valence-corrected chi connectivity index (χ2v) is 4.88. The Balaban J connectivity index is 1.72. The van der Waals surface area contributed by atoms with E-state index in [4.69, 9.17) is 4.74 Å². The van der Waals surface area contributed by atoms with Gasteiger partial charge in [-0.05, 0) is 43.2 Å². The number of carbonyl (C=O) groups excluding carboxylic acids is 2. The van der Waals surface area contributed by atoms with E-state index in [0.717, 1.165) is 16.9 Å². The van der Waals surface area contributed by atoms with Crippen molar-refractivity contribution in [1.29, 1.82) is 0 Å². The maximum Gasteiger partial charge on any atom is 0.286 e. The second kappa shape index (κ2) is 7.31. The smallest absolute Gasteiger partial charge is 0.286 e. The molecule has 0 aliphatic heterocycles. The largest absolute Gasteiger partial charge is 0.493 e. The first kappa shape index (κ1) is 15.6. The first-order valence-corrected chi connectivity index (χ1v) is 6.99. The molecule has 0 atom stereocenters. The summed E-state index contributed by atoms with van der Waals surface area (Å²) in [5, 5.41) is 0. The maximum absolute atomic E-state index is 11.6. The number of hydrogen-bond acceptors (Lipinski definition) is 3. The molecule has 0 spiro atoms. The van der Waals surface area contributed by atoms with Crippen LogP contribution >= 0.6 is 0 Å². The lowest BCUT2D eigenvalue weighted by Crippen LogP contribution is -2.42. The lowest BCUT2D eigenvalue weighted by Gasteiger charge is -2.11. The highest BCUT2D eigenvalue weighted by atomic mass is 16.5. The Hall–Kier alpha value is -2.76. The van der Waals surface area contributed by atoms with Gasteiger partial charge in [0.05, 0.1) is 13.0 Å². The Morgan fingerprint density at radius 2 is 1.95 bits per heavy atom. The van der Waals surface area contributed by atoms with E-state index in [-0.39, 0.29) is 18.9 Å². The molecule has 2 amide bonds. The molecule has 0 aliphatic rings. The van der Waals surface area contributed by atoms with E-state index in [9.17, 15) is 9.59 Å². The van der Waals surface area contributed by atoms with Gasteiger partial charge in [-0.1, -0.05) is 12.1 Å². The van der Waals surface area contributed by atoms with Crippen LogP contribution in [0.5, 0.6) is 5.75 Å². The molecular formula is C16H19N3O3. The Morgan fingerprint density at radius 3 is 2.68 bits per heavy atom. The highest BCUT2D eigenvalue weighted by molar-refractivity contribution is 5.93. The summed E-state index contributed by atoms with van der Waals surface area (Å²) in [6.45, 7) is 4.22. The number of hydrogen-bond donors (Lipinski definition) is 3. The van der Waals surface area contributed by atoms with E-state index in [0.29, 0.717) is 5.69 Å². The summed E-state index contributed by atoms with van der Waals surface area (Å²) in [5.74, 6) is 0.0576. The van der Waals surface area contributed by atoms with Crippen LogP contribution in [0.3, 0.4) is 0 Å². The molecular weight excluding hydrogens is 282 g/mol. The van der Waals surface area contributed by atoms with Crippen LogP contribution in [0.15, 0.2) is 36.5 Å². The van der Waals surface area contributed by atoms with E-state index in [2.05, 4.69) is 15.8 Å². The van der Waals surface area contributed by atoms with Gasteiger partial charge in [0.1, 0.15) is 11.4 Å². The van der Waals surface area contributed by atoms with E-state index in [1.165, 1.54) is 0 Å². The number of aryl methyl sites for hydroxylation is 1. The van der Waals surface area contributed by atoms with Crippen molar-refractivity contribution in [1.82, 2.24) is 15.8 Å². The van der Waals surface area contributed by atoms with Crippen molar-refractivity contribution in [3.05, 3.63) is 53.3 Å². The predicted octanol–water partition coefficient (Wildman–Crippen LogP) is 1.86. The number of ether oxygens (including phenoxy) is 1. The van der Waals surface area contributed by atoms with Crippen LogP contribution in [0.2, 0.25) is 0 Å². The third-order valence-electron chi connectivity index (χ3n) is 3.30. The molecule has 0 radical (unpaired) electrons. The maximum atomic E-state index is 11.6. The van der Waals surface area contributed by atoms with Crippen LogP contribution < -0.4 is 15.6 Å². The van der Waals surface area contributed by atoms with Gasteiger partial charge in [0.2, 0.25) is 5.91 Å². The zero-order chi connectivity index (χ0) is 15.9. The Bertz CT molecular complexity index is 651. The van der Waals surface area contributed by atoms with Crippen LogP contribution in [0.4, 0.5) is 0 Å². The van der Waals surface area contributed by atoms with Crippen molar-refractivity contribution in [2.75, 3.05) is 6.61 Å². The number of benzene rings is 1. The Kier molecular flexibility index (Phi) is 5.19. The molecule has 1 heterocycles. The van der Waals surface area contributed by atoms with Gasteiger partial charge in [-0.3, -0.25) is 20.4 Å². The molecule has 0 fully saturated rings. The molecule has 0 saturated carbocycles. The predicted molar refractivity (Wildman–Crippen MR) is 82.4 cm³/mol. The van der Waals surface area contributed by atoms with E-state index >= 15 is 0 Å². The zero-order valence-corrected chi connectivity index (χ0v) is 12.6. The zero-order valence-electron chi connectivity index (χ0n) is 12.6. The van der Waals surface area contributed by atoms with Crippen molar-refractivity contribution in [2.24, 2.45) is 0 Å². The van der Waals surface area contributed by atoms with E-state index in [1.807, 2.05) is 32.0 Å². The monoisotopic (exact) mass is 301 g/mol. The fourth-order valence-electron chi connectivity index (χ4n) is 1.86. The fourth-order valence-corrected chi connectivity index (χ4v) is 1.86. The molecule has 2 rings (SSSR count). The minimum absolute atomic E-state index is 0.151. The summed E-state index contributed by atoms with van der Waals surface area (Å²) in [6.07, 6.45) is 1.78. The summed E-state index contributed by atoms with van der Waals surface area (Å²) in [4.78, 5) is 26.0. The third-order valence-corrected chi connectivity index (χ3v) is 3.30. The van der Waals surface area contributed by atoms with Crippen molar-refractivity contribution in [2.45, 2.75) is 20.3 Å². The topological polar surface area (TPSA) is 83.2 Å². The molecule has 6 nitrogen and oxygen atoms in total. The van der Waals surface area contributed by atoms with Gasteiger partial charge in [-0.15, -0.1) is 0 Å². The van der Waals surface area contributed by atoms with Crippen molar-refractivity contribution < 1.29 is 14.3 Å². The number of amides is 2. The van der Waals surface area contributed by atoms with Gasteiger partial charge in [0.25, 0.3) is 5.91 Å². The average molecular weight is 301 g/mol. The van der Waals surface area contributed by atoms with Crippen LogP contribution in [0.1, 0.15) is 28.0 Å². The van der Waals surface area contributed by atoms with Crippen LogP contribution in [0.25, 0.3) is 0 Å². The van der Waals surface area contributed by atoms with Gasteiger partial charge in [-0.2, -0.15) is 0 Å². The molecule has 0 unspecified atom stereocenters. The van der Waals surface area contributed by atoms with E-state index < -0.39 is 5.91 Å². The molecule has 22 heavy (non-hydrogen) atoms. The second-order valence-electron chi connectivity index (χ2n) is 4.88. The highest BCUT2D eigenvalue weighted by Crippen LogP contribution is 2.20. The molecule has 2 aromatic rings. The molecule has 1 aromatic heterocycles. The SMILES string of the molecule is Cc1cccc(OCCC(=O)NNC(=O)c2ccc[nH]2)c1C. The summed E-state index contributed by atoms with van der Waals surface area (Å²) >= 11 is 0. The number of aromatic amines is 1. The molecule has 0 aliphatic carbocycles. The van der Waals surface area contributed by atoms with Gasteiger partial charge in [0, 0.05) is 6.20 Å². The van der Waals surface area contributed by atoms with Gasteiger partial charge in [-0.25, -0.2) is 0 Å². The quantitative estimate of drug-likeness (QED) is 0.737. The molecule has 1 aromatic carbocycles. The first-order valence-electron chi connectivity index (χ1n) is 6.99. The summed E-state index contributed by atoms with van der Waals surface area (Å²) < 4.78 is 5.59. The molecule has 0 saturated heterocycles. The number of hydrazine groups is 1. The average Bonchev–Trinajstić information content (AvgIpc) is 3.03. The molecule has 6 heteroatoms. The molecule has 3 N–H and O–H groups in total. The van der Waals surface area contributed by atoms with Crippen LogP contribution in [-0.4, -0.2) is 23.4 Å². The lowest BCUT2D eigenvalue weighted by atomic mass is 10.1. The normalized spacial score (nSPS) is 10.1. The number of aromatic nitrogens is 1. The van der Waals surface area contributed by atoms with Crippen molar-refractivity contribution in [3.63, 3.8) is 0 Å². The Labute approximate surface area is 128 Å². The van der Waals surface area contributed by atoms with Crippen molar-refractivity contribution >= 4 is 11.8 Å². The molecule has 116 valence electrons. The minimum Gasteiger partial charge on any atom is -0.493 e. The highest BCUT2D eigenvalue weighted by Gasteiger charge is 2.08. The third kappa shape index (κ3) is 4.12. The summed E-state index contributed by atoms with van der Waals surface area (Å²) in [6, 6.07) is 9.10. The van der Waals surface area contributed by atoms with Crippen molar-refractivity contribution in [3.8, 4) is 5.75 Å². The first-order chi connectivity index (χ1) is 10.6. The number of carbonyl (C=O) groups is 2. The van der Waals surface area contributed by atoms with Gasteiger partial charge in [0.15, 0.2) is 0 Å². The van der Waals surface area contributed by atoms with E-state index in [1.54, 1.807) is 18.3 Å². The van der Waals surface area contributed by atoms with Gasteiger partial charge < -0.3 is 9.72 Å². The number of H-pyrrole nitrogens is 1. The lowest BCUT2D eigenvalue weighted by molar-refractivity contribution is -0.122.